The average Bonchev–Trinajstić information content (AvgIpc) is 2.19. The number of rotatable bonds is 2. The molecule has 0 saturated heterocycles. The van der Waals surface area contributed by atoms with Gasteiger partial charge in [-0.1, -0.05) is 11.8 Å². The van der Waals surface area contributed by atoms with Crippen LogP contribution >= 0.6 is 0 Å². The van der Waals surface area contributed by atoms with Crippen LogP contribution in [-0.4, -0.2) is 17.0 Å². The molecule has 82 valence electrons. The zero-order valence-electron chi connectivity index (χ0n) is 8.36. The molecular formula is C11H10N2O3. The fraction of sp³-hybridized carbons (Fsp3) is 0.0909. The van der Waals surface area contributed by atoms with Crippen molar-refractivity contribution in [2.45, 2.75) is 6.42 Å². The highest BCUT2D eigenvalue weighted by molar-refractivity contribution is 5.92. The SMILES string of the molecule is NC(=O)CC#Cc1ccc(N)cc1C(=O)O. The fourth-order valence-corrected chi connectivity index (χ4v) is 1.07. The second kappa shape index (κ2) is 4.84. The van der Waals surface area contributed by atoms with E-state index in [4.69, 9.17) is 16.6 Å². The number of carbonyl (C=O) groups excluding carboxylic acids is 1. The largest absolute Gasteiger partial charge is 0.478 e. The van der Waals surface area contributed by atoms with E-state index in [-0.39, 0.29) is 12.0 Å². The molecule has 5 nitrogen and oxygen atoms in total. The summed E-state index contributed by atoms with van der Waals surface area (Å²) in [5, 5.41) is 8.88. The number of hydrogen-bond acceptors (Lipinski definition) is 3. The summed E-state index contributed by atoms with van der Waals surface area (Å²) in [5.41, 5.74) is 11.0. The average molecular weight is 218 g/mol. The highest BCUT2D eigenvalue weighted by Crippen LogP contribution is 2.12. The molecule has 0 aliphatic carbocycles. The van der Waals surface area contributed by atoms with Crippen LogP contribution in [0.25, 0.3) is 0 Å². The Morgan fingerprint density at radius 2 is 2.06 bits per heavy atom. The Labute approximate surface area is 92.1 Å². The number of aromatic carboxylic acids is 1. The molecule has 0 atom stereocenters. The van der Waals surface area contributed by atoms with E-state index in [1.54, 1.807) is 6.07 Å². The Balaban J connectivity index is 3.07. The van der Waals surface area contributed by atoms with E-state index < -0.39 is 11.9 Å². The molecule has 5 N–H and O–H groups in total. The first kappa shape index (κ1) is 11.6. The van der Waals surface area contributed by atoms with E-state index in [0.29, 0.717) is 11.3 Å². The predicted octanol–water partition coefficient (Wildman–Crippen LogP) is 0.194. The molecule has 0 aliphatic heterocycles. The molecular weight excluding hydrogens is 208 g/mol. The summed E-state index contributed by atoms with van der Waals surface area (Å²) in [6.07, 6.45) is -0.108. The van der Waals surface area contributed by atoms with Crippen molar-refractivity contribution in [1.29, 1.82) is 0 Å². The molecule has 0 fully saturated rings. The van der Waals surface area contributed by atoms with Crippen LogP contribution in [0.2, 0.25) is 0 Å². The number of benzene rings is 1. The van der Waals surface area contributed by atoms with E-state index in [0.717, 1.165) is 0 Å². The van der Waals surface area contributed by atoms with Gasteiger partial charge in [0, 0.05) is 11.3 Å². The summed E-state index contributed by atoms with van der Waals surface area (Å²) in [6.45, 7) is 0. The number of nitrogens with two attached hydrogens (primary N) is 2. The lowest BCUT2D eigenvalue weighted by molar-refractivity contribution is -0.117. The number of carboxylic acids is 1. The number of anilines is 1. The second-order valence-corrected chi connectivity index (χ2v) is 3.06. The van der Waals surface area contributed by atoms with Crippen LogP contribution in [0.15, 0.2) is 18.2 Å². The molecule has 0 radical (unpaired) electrons. The first-order chi connectivity index (χ1) is 7.50. The Bertz CT molecular complexity index is 498. The van der Waals surface area contributed by atoms with E-state index >= 15 is 0 Å². The summed E-state index contributed by atoms with van der Waals surface area (Å²) in [4.78, 5) is 21.3. The minimum Gasteiger partial charge on any atom is -0.478 e. The van der Waals surface area contributed by atoms with Gasteiger partial charge in [-0.2, -0.15) is 0 Å². The third-order valence-corrected chi connectivity index (χ3v) is 1.76. The van der Waals surface area contributed by atoms with Crippen molar-refractivity contribution in [2.75, 3.05) is 5.73 Å². The van der Waals surface area contributed by atoms with Crippen molar-refractivity contribution < 1.29 is 14.7 Å². The summed E-state index contributed by atoms with van der Waals surface area (Å²) < 4.78 is 0. The zero-order chi connectivity index (χ0) is 12.1. The molecule has 0 bridgehead atoms. The van der Waals surface area contributed by atoms with Crippen LogP contribution in [0.1, 0.15) is 22.3 Å². The lowest BCUT2D eigenvalue weighted by atomic mass is 10.1. The van der Waals surface area contributed by atoms with Crippen LogP contribution in [0.3, 0.4) is 0 Å². The Morgan fingerprint density at radius 1 is 1.38 bits per heavy atom. The van der Waals surface area contributed by atoms with Gasteiger partial charge in [0.05, 0.1) is 12.0 Å². The van der Waals surface area contributed by atoms with Crippen molar-refractivity contribution in [3.63, 3.8) is 0 Å². The van der Waals surface area contributed by atoms with Crippen LogP contribution in [0.5, 0.6) is 0 Å². The lowest BCUT2D eigenvalue weighted by Gasteiger charge is -2.00. The topological polar surface area (TPSA) is 106 Å². The van der Waals surface area contributed by atoms with Crippen molar-refractivity contribution in [3.8, 4) is 11.8 Å². The number of hydrogen-bond donors (Lipinski definition) is 3. The quantitative estimate of drug-likeness (QED) is 0.486. The highest BCUT2D eigenvalue weighted by Gasteiger charge is 2.08. The van der Waals surface area contributed by atoms with E-state index in [1.165, 1.54) is 12.1 Å². The molecule has 0 saturated carbocycles. The normalized spacial score (nSPS) is 9.00. The minimum absolute atomic E-state index is 0.0111. The predicted molar refractivity (Wildman–Crippen MR) is 58.5 cm³/mol. The van der Waals surface area contributed by atoms with Crippen molar-refractivity contribution >= 4 is 17.6 Å². The number of carboxylic acid groups (broad SMARTS) is 1. The van der Waals surface area contributed by atoms with Crippen LogP contribution in [0, 0.1) is 11.8 Å². The number of primary amides is 1. The molecule has 5 heteroatoms. The monoisotopic (exact) mass is 218 g/mol. The molecule has 1 aromatic rings. The van der Waals surface area contributed by atoms with Gasteiger partial charge < -0.3 is 16.6 Å². The maximum atomic E-state index is 10.9. The van der Waals surface area contributed by atoms with Crippen molar-refractivity contribution in [2.24, 2.45) is 5.73 Å². The first-order valence-electron chi connectivity index (χ1n) is 4.40. The summed E-state index contributed by atoms with van der Waals surface area (Å²) in [5.74, 6) is 3.38. The van der Waals surface area contributed by atoms with Crippen LogP contribution in [-0.2, 0) is 4.79 Å². The van der Waals surface area contributed by atoms with E-state index in [9.17, 15) is 9.59 Å². The standard InChI is InChI=1S/C11H10N2O3/c12-8-5-4-7(2-1-3-10(13)14)9(6-8)11(15)16/h4-6H,3,12H2,(H2,13,14)(H,15,16). The van der Waals surface area contributed by atoms with Crippen molar-refractivity contribution in [3.05, 3.63) is 29.3 Å². The third kappa shape index (κ3) is 3.03. The molecule has 0 aliphatic rings. The Kier molecular flexibility index (Phi) is 3.51. The summed E-state index contributed by atoms with van der Waals surface area (Å²) in [7, 11) is 0. The third-order valence-electron chi connectivity index (χ3n) is 1.76. The van der Waals surface area contributed by atoms with E-state index in [1.807, 2.05) is 0 Å². The van der Waals surface area contributed by atoms with Gasteiger partial charge in [-0.15, -0.1) is 0 Å². The molecule has 1 rings (SSSR count). The smallest absolute Gasteiger partial charge is 0.337 e. The van der Waals surface area contributed by atoms with Crippen LogP contribution in [0.4, 0.5) is 5.69 Å². The molecule has 0 heterocycles. The van der Waals surface area contributed by atoms with Crippen molar-refractivity contribution in [1.82, 2.24) is 0 Å². The van der Waals surface area contributed by atoms with Gasteiger partial charge in [-0.05, 0) is 18.2 Å². The summed E-state index contributed by atoms with van der Waals surface area (Å²) in [6, 6.07) is 4.35. The van der Waals surface area contributed by atoms with E-state index in [2.05, 4.69) is 11.8 Å². The maximum absolute atomic E-state index is 10.9. The Morgan fingerprint density at radius 3 is 2.62 bits per heavy atom. The van der Waals surface area contributed by atoms with Gasteiger partial charge in [-0.25, -0.2) is 4.79 Å². The second-order valence-electron chi connectivity index (χ2n) is 3.06. The molecule has 16 heavy (non-hydrogen) atoms. The lowest BCUT2D eigenvalue weighted by Crippen LogP contribution is -2.08. The van der Waals surface area contributed by atoms with Gasteiger partial charge >= 0.3 is 5.97 Å². The molecule has 0 unspecified atom stereocenters. The molecule has 1 amide bonds. The van der Waals surface area contributed by atoms with Gasteiger partial charge in [0.25, 0.3) is 0 Å². The highest BCUT2D eigenvalue weighted by atomic mass is 16.4. The number of nitrogen functional groups attached to an aromatic ring is 1. The van der Waals surface area contributed by atoms with Gasteiger partial charge in [0.15, 0.2) is 0 Å². The zero-order valence-corrected chi connectivity index (χ0v) is 8.36. The molecule has 0 aromatic heterocycles. The van der Waals surface area contributed by atoms with Gasteiger partial charge in [-0.3, -0.25) is 4.79 Å². The van der Waals surface area contributed by atoms with Gasteiger partial charge in [0.1, 0.15) is 0 Å². The molecule has 0 spiro atoms. The number of carbonyl (C=O) groups is 2. The van der Waals surface area contributed by atoms with Gasteiger partial charge in [0.2, 0.25) is 5.91 Å². The molecule has 1 aromatic carbocycles. The fourth-order valence-electron chi connectivity index (χ4n) is 1.07. The summed E-state index contributed by atoms with van der Waals surface area (Å²) >= 11 is 0. The number of amides is 1. The maximum Gasteiger partial charge on any atom is 0.337 e. The minimum atomic E-state index is -1.12. The first-order valence-corrected chi connectivity index (χ1v) is 4.40. The van der Waals surface area contributed by atoms with Crippen LogP contribution < -0.4 is 11.5 Å². The Hall–Kier alpha value is -2.48.